The lowest BCUT2D eigenvalue weighted by molar-refractivity contribution is -0.250. The highest BCUT2D eigenvalue weighted by Crippen LogP contribution is 2.61. The molecule has 1 spiro atoms. The van der Waals surface area contributed by atoms with E-state index in [1.807, 2.05) is 7.05 Å². The van der Waals surface area contributed by atoms with Gasteiger partial charge in [-0.2, -0.15) is 0 Å². The van der Waals surface area contributed by atoms with Crippen LogP contribution in [0.2, 0.25) is 0 Å². The number of methoxy groups -OCH3 is 1. The second-order valence-electron chi connectivity index (χ2n) is 9.96. The summed E-state index contributed by atoms with van der Waals surface area (Å²) in [4.78, 5) is 13.3. The molecule has 2 N–H and O–H groups in total. The van der Waals surface area contributed by atoms with Gasteiger partial charge in [-0.05, 0) is 18.7 Å². The molecule has 0 radical (unpaired) electrons. The number of carbonyl (C=O) groups is 1. The van der Waals surface area contributed by atoms with Crippen LogP contribution in [-0.4, -0.2) is 41.3 Å². The third-order valence-electron chi connectivity index (χ3n) is 8.78. The van der Waals surface area contributed by atoms with Gasteiger partial charge in [0.25, 0.3) is 5.91 Å². The van der Waals surface area contributed by atoms with Crippen molar-refractivity contribution in [3.05, 3.63) is 59.2 Å². The molecule has 7 nitrogen and oxygen atoms in total. The number of rotatable bonds is 2. The number of aromatic nitrogens is 2. The monoisotopic (exact) mass is 450 g/mol. The Bertz CT molecular complexity index is 1800. The lowest BCUT2D eigenvalue weighted by atomic mass is 9.81. The quantitative estimate of drug-likeness (QED) is 0.430. The van der Waals surface area contributed by atoms with E-state index in [1.54, 1.807) is 7.11 Å². The van der Waals surface area contributed by atoms with E-state index in [1.165, 1.54) is 21.9 Å². The molecule has 0 saturated carbocycles. The van der Waals surface area contributed by atoms with Gasteiger partial charge < -0.3 is 29.2 Å². The van der Waals surface area contributed by atoms with Crippen molar-refractivity contribution < 1.29 is 14.3 Å². The maximum atomic E-state index is 13.3. The molecule has 4 aliphatic rings. The van der Waals surface area contributed by atoms with Crippen molar-refractivity contribution in [2.45, 2.75) is 37.1 Å². The molecule has 4 atom stereocenters. The van der Waals surface area contributed by atoms with Crippen LogP contribution >= 0.6 is 0 Å². The molecule has 0 aliphatic carbocycles. The summed E-state index contributed by atoms with van der Waals surface area (Å²) in [6, 6.07) is 15.0. The van der Waals surface area contributed by atoms with Crippen LogP contribution in [0.4, 0.5) is 0 Å². The van der Waals surface area contributed by atoms with Crippen LogP contribution < -0.4 is 10.6 Å². The molecule has 2 aromatic heterocycles. The Hall–Kier alpha value is -3.39. The molecule has 7 heteroatoms. The van der Waals surface area contributed by atoms with Gasteiger partial charge in [0.15, 0.2) is 0 Å². The molecule has 2 bridgehead atoms. The number of ether oxygens (including phenoxy) is 2. The summed E-state index contributed by atoms with van der Waals surface area (Å²) < 4.78 is 18.1. The minimum Gasteiger partial charge on any atom is -0.374 e. The van der Waals surface area contributed by atoms with E-state index in [2.05, 4.69) is 62.2 Å². The van der Waals surface area contributed by atoms with Crippen LogP contribution in [-0.2, 0) is 21.7 Å². The van der Waals surface area contributed by atoms with E-state index in [-0.39, 0.29) is 24.3 Å². The van der Waals surface area contributed by atoms with Gasteiger partial charge in [0, 0.05) is 53.2 Å². The Balaban J connectivity index is 1.63. The summed E-state index contributed by atoms with van der Waals surface area (Å²) in [6.45, 7) is 0.549. The van der Waals surface area contributed by atoms with Gasteiger partial charge in [-0.25, -0.2) is 0 Å². The Kier molecular flexibility index (Phi) is 2.89. The van der Waals surface area contributed by atoms with Gasteiger partial charge in [0.2, 0.25) is 5.72 Å². The molecule has 1 unspecified atom stereocenters. The van der Waals surface area contributed by atoms with Crippen molar-refractivity contribution >= 4 is 49.5 Å². The van der Waals surface area contributed by atoms with Crippen LogP contribution in [0.1, 0.15) is 34.1 Å². The summed E-state index contributed by atoms with van der Waals surface area (Å²) >= 11 is 0. The third kappa shape index (κ3) is 1.58. The van der Waals surface area contributed by atoms with E-state index < -0.39 is 5.72 Å². The van der Waals surface area contributed by atoms with Gasteiger partial charge in [-0.1, -0.05) is 36.4 Å². The van der Waals surface area contributed by atoms with E-state index in [4.69, 9.17) is 9.47 Å². The highest BCUT2D eigenvalue weighted by molar-refractivity contribution is 6.31. The van der Waals surface area contributed by atoms with E-state index in [0.717, 1.165) is 44.9 Å². The van der Waals surface area contributed by atoms with E-state index >= 15 is 0 Å². The molecule has 4 aliphatic heterocycles. The van der Waals surface area contributed by atoms with E-state index in [0.29, 0.717) is 6.54 Å². The van der Waals surface area contributed by atoms with Crippen LogP contribution in [0.3, 0.4) is 0 Å². The minimum atomic E-state index is -0.709. The second kappa shape index (κ2) is 5.46. The number of para-hydroxylation sites is 2. The van der Waals surface area contributed by atoms with Crippen molar-refractivity contribution in [2.24, 2.45) is 0 Å². The fourth-order valence-corrected chi connectivity index (χ4v) is 7.65. The fourth-order valence-electron chi connectivity index (χ4n) is 7.65. The average molecular weight is 450 g/mol. The molecular weight excluding hydrogens is 428 g/mol. The zero-order valence-electron chi connectivity index (χ0n) is 18.8. The summed E-state index contributed by atoms with van der Waals surface area (Å²) in [6.07, 6.45) is 0.396. The first-order chi connectivity index (χ1) is 16.7. The molecule has 1 saturated heterocycles. The number of benzene rings is 3. The zero-order valence-corrected chi connectivity index (χ0v) is 18.8. The number of carbonyl (C=O) groups excluding carboxylic acids is 1. The van der Waals surface area contributed by atoms with Crippen LogP contribution in [0.25, 0.3) is 43.6 Å². The highest BCUT2D eigenvalue weighted by atomic mass is 16.6. The molecule has 1 amide bonds. The molecular formula is C27H22N4O3. The van der Waals surface area contributed by atoms with Gasteiger partial charge in [0.05, 0.1) is 27.6 Å². The normalized spacial score (nSPS) is 28.3. The van der Waals surface area contributed by atoms with Crippen LogP contribution in [0.15, 0.2) is 42.5 Å². The fraction of sp³-hybridized carbons (Fsp3) is 0.296. The number of likely N-dealkylation sites (N-methyl/N-ethyl adjacent to an activating group) is 1. The summed E-state index contributed by atoms with van der Waals surface area (Å²) in [5.41, 5.74) is 6.96. The molecule has 3 aromatic carbocycles. The Morgan fingerprint density at radius 3 is 2.79 bits per heavy atom. The zero-order chi connectivity index (χ0) is 22.5. The molecule has 9 rings (SSSR count). The first kappa shape index (κ1) is 18.0. The lowest BCUT2D eigenvalue weighted by Crippen LogP contribution is -2.64. The van der Waals surface area contributed by atoms with Gasteiger partial charge in [-0.3, -0.25) is 4.79 Å². The Morgan fingerprint density at radius 2 is 1.94 bits per heavy atom. The number of nitrogens with zero attached hydrogens (tertiary/aromatic N) is 2. The number of amides is 1. The smallest absolute Gasteiger partial charge is 0.252 e. The number of hydrogen-bond acceptors (Lipinski definition) is 4. The van der Waals surface area contributed by atoms with Crippen molar-refractivity contribution in [2.75, 3.05) is 14.2 Å². The van der Waals surface area contributed by atoms with Crippen LogP contribution in [0.5, 0.6) is 0 Å². The minimum absolute atomic E-state index is 0.0156. The van der Waals surface area contributed by atoms with Crippen LogP contribution in [0, 0.1) is 0 Å². The van der Waals surface area contributed by atoms with Gasteiger partial charge in [-0.15, -0.1) is 0 Å². The lowest BCUT2D eigenvalue weighted by Gasteiger charge is -2.54. The largest absolute Gasteiger partial charge is 0.374 e. The third-order valence-corrected chi connectivity index (χ3v) is 8.78. The molecule has 5 aromatic rings. The number of hydrogen-bond donors (Lipinski definition) is 2. The Labute approximate surface area is 194 Å². The predicted molar refractivity (Wildman–Crippen MR) is 129 cm³/mol. The molecule has 1 fully saturated rings. The number of fused-ring (bicyclic) bond motifs is 9. The van der Waals surface area contributed by atoms with Crippen molar-refractivity contribution in [1.29, 1.82) is 0 Å². The molecule has 34 heavy (non-hydrogen) atoms. The van der Waals surface area contributed by atoms with Crippen molar-refractivity contribution in [3.63, 3.8) is 0 Å². The van der Waals surface area contributed by atoms with Crippen molar-refractivity contribution in [1.82, 2.24) is 19.8 Å². The Morgan fingerprint density at radius 1 is 1.09 bits per heavy atom. The topological polar surface area (TPSA) is 69.5 Å². The first-order valence-electron chi connectivity index (χ1n) is 11.9. The number of nitrogens with one attached hydrogen (secondary N) is 2. The maximum absolute atomic E-state index is 13.3. The summed E-state index contributed by atoms with van der Waals surface area (Å²) in [5.74, 6) is 0.0156. The van der Waals surface area contributed by atoms with Crippen molar-refractivity contribution in [3.8, 4) is 0 Å². The molecule has 6 heterocycles. The highest BCUT2D eigenvalue weighted by Gasteiger charge is 2.61. The van der Waals surface area contributed by atoms with Gasteiger partial charge >= 0.3 is 0 Å². The average Bonchev–Trinajstić information content (AvgIpc) is 3.50. The predicted octanol–water partition coefficient (Wildman–Crippen LogP) is 3.70. The van der Waals surface area contributed by atoms with E-state index in [9.17, 15) is 4.79 Å². The van der Waals surface area contributed by atoms with Gasteiger partial charge in [0.1, 0.15) is 12.3 Å². The molecule has 168 valence electrons. The standard InChI is InChI=1S/C27H22N4O3/c1-28-16-10-18-30-17-9-4-3-6-12(17)20-21-14(11-29-26(21)32)19-13-7-5-8-15-22(13)31(24(19)23(20)30)27(15,34-18)25(16)33-2/h3-9,16,18,25,28H,10-11H2,1-2H3,(H,29,32)/t16-,18-,25-,27?/m0/s1. The maximum Gasteiger partial charge on any atom is 0.252 e. The summed E-state index contributed by atoms with van der Waals surface area (Å²) in [7, 11) is 3.79. The first-order valence-corrected chi connectivity index (χ1v) is 11.9. The SMILES string of the molecule is CN[C@H]1C[C@@H]2OC3(c4cccc5c6c7c(c8c9ccccc9n2c8c6n3c45)C(=O)NC7)[C@H]1OC. The second-order valence-corrected chi connectivity index (χ2v) is 9.96. The summed E-state index contributed by atoms with van der Waals surface area (Å²) in [5, 5.41) is 11.2.